The quantitative estimate of drug-likeness (QED) is 0.376. The third-order valence-corrected chi connectivity index (χ3v) is 4.36. The predicted molar refractivity (Wildman–Crippen MR) is 110 cm³/mol. The van der Waals surface area contributed by atoms with Gasteiger partial charge in [0.15, 0.2) is 0 Å². The normalized spacial score (nSPS) is 13.2. The van der Waals surface area contributed by atoms with Crippen molar-refractivity contribution in [1.82, 2.24) is 10.6 Å². The molecular formula is C21H28FN3O7. The largest absolute Gasteiger partial charge is 0.466 e. The Kier molecular flexibility index (Phi) is 10.8. The topological polar surface area (TPSA) is 154 Å². The van der Waals surface area contributed by atoms with Crippen LogP contribution in [-0.2, 0) is 39.9 Å². The summed E-state index contributed by atoms with van der Waals surface area (Å²) < 4.78 is 23.8. The van der Waals surface area contributed by atoms with Gasteiger partial charge in [0.2, 0.25) is 17.7 Å². The Hall–Kier alpha value is -3.50. The molecular weight excluding hydrogens is 425 g/mol. The minimum Gasteiger partial charge on any atom is -0.466 e. The fourth-order valence-electron chi connectivity index (χ4n) is 2.95. The number of ether oxygens (including phenoxy) is 2. The maximum atomic E-state index is 14.0. The number of nitrogens with one attached hydrogen (secondary N) is 2. The maximum absolute atomic E-state index is 14.0. The van der Waals surface area contributed by atoms with E-state index in [4.69, 9.17) is 15.2 Å². The number of esters is 2. The lowest BCUT2D eigenvalue weighted by Crippen LogP contribution is -2.57. The number of halogens is 1. The standard InChI is InChI=1S/C21H28FN3O7/c1-4-31-17(27)11-14(21(30)32-5-2)18(19(23)28)25-20(29)16(24-12(3)26)10-13-8-6-7-9-15(13)22/h6-9,14,16,18H,4-5,10-11H2,1-3H3,(H2,23,28)(H,24,26)(H,25,29)/t14-,16-,18+/m0/s1. The summed E-state index contributed by atoms with van der Waals surface area (Å²) in [6, 6.07) is 2.74. The number of nitrogens with two attached hydrogens (primary N) is 1. The zero-order chi connectivity index (χ0) is 24.3. The van der Waals surface area contributed by atoms with E-state index in [0.717, 1.165) is 6.92 Å². The lowest BCUT2D eigenvalue weighted by molar-refractivity contribution is -0.157. The van der Waals surface area contributed by atoms with Crippen LogP contribution in [0.4, 0.5) is 4.39 Å². The summed E-state index contributed by atoms with van der Waals surface area (Å²) in [4.78, 5) is 60.9. The number of rotatable bonds is 12. The molecule has 0 aliphatic carbocycles. The van der Waals surface area contributed by atoms with Crippen LogP contribution < -0.4 is 16.4 Å². The Labute approximate surface area is 185 Å². The van der Waals surface area contributed by atoms with Crippen LogP contribution in [0.1, 0.15) is 32.8 Å². The summed E-state index contributed by atoms with van der Waals surface area (Å²) in [6.07, 6.45) is -0.801. The van der Waals surface area contributed by atoms with E-state index >= 15 is 0 Å². The lowest BCUT2D eigenvalue weighted by Gasteiger charge is -2.26. The second kappa shape index (κ2) is 13.0. The van der Waals surface area contributed by atoms with Crippen molar-refractivity contribution in [2.75, 3.05) is 13.2 Å². The van der Waals surface area contributed by atoms with E-state index in [1.165, 1.54) is 25.1 Å². The minimum absolute atomic E-state index is 0.0369. The molecule has 0 unspecified atom stereocenters. The fourth-order valence-corrected chi connectivity index (χ4v) is 2.95. The van der Waals surface area contributed by atoms with E-state index in [2.05, 4.69) is 10.6 Å². The molecule has 0 spiro atoms. The Morgan fingerprint density at radius 3 is 2.19 bits per heavy atom. The van der Waals surface area contributed by atoms with Gasteiger partial charge in [0.1, 0.15) is 17.9 Å². The summed E-state index contributed by atoms with van der Waals surface area (Å²) in [7, 11) is 0. The van der Waals surface area contributed by atoms with Gasteiger partial charge in [-0.2, -0.15) is 0 Å². The molecule has 1 rings (SSSR count). The first kappa shape index (κ1) is 26.5. The van der Waals surface area contributed by atoms with Crippen LogP contribution in [0.2, 0.25) is 0 Å². The van der Waals surface area contributed by atoms with Crippen molar-refractivity contribution in [2.45, 2.75) is 45.7 Å². The van der Waals surface area contributed by atoms with Crippen LogP contribution in [0.5, 0.6) is 0 Å². The van der Waals surface area contributed by atoms with Gasteiger partial charge in [0.25, 0.3) is 0 Å². The van der Waals surface area contributed by atoms with E-state index in [1.807, 2.05) is 0 Å². The van der Waals surface area contributed by atoms with Crippen molar-refractivity contribution in [2.24, 2.45) is 11.7 Å². The summed E-state index contributed by atoms with van der Waals surface area (Å²) in [6.45, 7) is 4.24. The average molecular weight is 453 g/mol. The van der Waals surface area contributed by atoms with Gasteiger partial charge in [-0.05, 0) is 25.5 Å². The first-order valence-electron chi connectivity index (χ1n) is 10.0. The highest BCUT2D eigenvalue weighted by molar-refractivity contribution is 5.95. The van der Waals surface area contributed by atoms with Crippen LogP contribution in [-0.4, -0.2) is 55.0 Å². The molecule has 0 aromatic heterocycles. The number of carbonyl (C=O) groups excluding carboxylic acids is 5. The molecule has 0 aliphatic rings. The van der Waals surface area contributed by atoms with Crippen molar-refractivity contribution in [3.05, 3.63) is 35.6 Å². The lowest BCUT2D eigenvalue weighted by atomic mass is 9.94. The Morgan fingerprint density at radius 2 is 1.66 bits per heavy atom. The SMILES string of the molecule is CCOC(=O)C[C@H](C(=O)OCC)[C@@H](NC(=O)[C@H](Cc1ccccc1F)NC(C)=O)C(N)=O. The fraction of sp³-hybridized carbons (Fsp3) is 0.476. The Bertz CT molecular complexity index is 846. The van der Waals surface area contributed by atoms with Crippen LogP contribution in [0.15, 0.2) is 24.3 Å². The van der Waals surface area contributed by atoms with Gasteiger partial charge >= 0.3 is 11.9 Å². The molecule has 0 bridgehead atoms. The number of benzene rings is 1. The molecule has 0 fully saturated rings. The second-order valence-corrected chi connectivity index (χ2v) is 6.80. The summed E-state index contributed by atoms with van der Waals surface area (Å²) in [5.74, 6) is -6.36. The summed E-state index contributed by atoms with van der Waals surface area (Å²) in [5, 5.41) is 4.67. The third kappa shape index (κ3) is 8.32. The molecule has 32 heavy (non-hydrogen) atoms. The molecule has 176 valence electrons. The van der Waals surface area contributed by atoms with Crippen LogP contribution in [0.3, 0.4) is 0 Å². The molecule has 0 saturated carbocycles. The molecule has 0 saturated heterocycles. The first-order valence-corrected chi connectivity index (χ1v) is 10.0. The molecule has 11 heteroatoms. The first-order chi connectivity index (χ1) is 15.1. The number of hydrogen-bond acceptors (Lipinski definition) is 7. The Morgan fingerprint density at radius 1 is 1.03 bits per heavy atom. The van der Waals surface area contributed by atoms with Crippen molar-refractivity contribution in [3.8, 4) is 0 Å². The van der Waals surface area contributed by atoms with Gasteiger partial charge in [-0.1, -0.05) is 18.2 Å². The van der Waals surface area contributed by atoms with Gasteiger partial charge in [-0.3, -0.25) is 24.0 Å². The molecule has 1 aromatic carbocycles. The van der Waals surface area contributed by atoms with Crippen molar-refractivity contribution in [1.29, 1.82) is 0 Å². The third-order valence-electron chi connectivity index (χ3n) is 4.36. The molecule has 4 N–H and O–H groups in total. The van der Waals surface area contributed by atoms with E-state index in [0.29, 0.717) is 0 Å². The van der Waals surface area contributed by atoms with Crippen LogP contribution in [0.25, 0.3) is 0 Å². The average Bonchev–Trinajstić information content (AvgIpc) is 2.71. The number of primary amides is 1. The molecule has 0 aliphatic heterocycles. The monoisotopic (exact) mass is 453 g/mol. The number of amides is 3. The molecule has 1 aromatic rings. The van der Waals surface area contributed by atoms with Crippen molar-refractivity contribution < 1.29 is 37.8 Å². The molecule has 10 nitrogen and oxygen atoms in total. The van der Waals surface area contributed by atoms with E-state index in [9.17, 15) is 28.4 Å². The second-order valence-electron chi connectivity index (χ2n) is 6.80. The van der Waals surface area contributed by atoms with Crippen molar-refractivity contribution in [3.63, 3.8) is 0 Å². The van der Waals surface area contributed by atoms with Crippen LogP contribution >= 0.6 is 0 Å². The molecule has 0 radical (unpaired) electrons. The minimum atomic E-state index is -1.64. The zero-order valence-corrected chi connectivity index (χ0v) is 18.2. The predicted octanol–water partition coefficient (Wildman–Crippen LogP) is -0.0245. The molecule has 3 amide bonds. The highest BCUT2D eigenvalue weighted by Gasteiger charge is 2.38. The molecule has 3 atom stereocenters. The van der Waals surface area contributed by atoms with Gasteiger partial charge in [0, 0.05) is 13.3 Å². The number of hydrogen-bond donors (Lipinski definition) is 3. The van der Waals surface area contributed by atoms with Gasteiger partial charge in [-0.15, -0.1) is 0 Å². The van der Waals surface area contributed by atoms with E-state index in [-0.39, 0.29) is 25.2 Å². The van der Waals surface area contributed by atoms with Gasteiger partial charge < -0.3 is 25.8 Å². The summed E-state index contributed by atoms with van der Waals surface area (Å²) >= 11 is 0. The highest BCUT2D eigenvalue weighted by Crippen LogP contribution is 2.15. The van der Waals surface area contributed by atoms with E-state index in [1.54, 1.807) is 13.0 Å². The highest BCUT2D eigenvalue weighted by atomic mass is 19.1. The number of carbonyl (C=O) groups is 5. The maximum Gasteiger partial charge on any atom is 0.312 e. The zero-order valence-electron chi connectivity index (χ0n) is 18.2. The summed E-state index contributed by atoms with van der Waals surface area (Å²) in [5.41, 5.74) is 5.53. The van der Waals surface area contributed by atoms with E-state index < -0.39 is 59.9 Å². The Balaban J connectivity index is 3.16. The van der Waals surface area contributed by atoms with Gasteiger partial charge in [-0.25, -0.2) is 4.39 Å². The van der Waals surface area contributed by atoms with Crippen molar-refractivity contribution >= 4 is 29.7 Å². The molecule has 0 heterocycles. The van der Waals surface area contributed by atoms with Gasteiger partial charge in [0.05, 0.1) is 25.6 Å². The smallest absolute Gasteiger partial charge is 0.312 e. The van der Waals surface area contributed by atoms with Crippen LogP contribution in [0, 0.1) is 11.7 Å².